The Morgan fingerprint density at radius 1 is 1.27 bits per heavy atom. The van der Waals surface area contributed by atoms with Crippen LogP contribution in [0, 0.1) is 17.3 Å². The largest absolute Gasteiger partial charge is 0.462 e. The minimum atomic E-state index is -0.0498. The molecule has 0 radical (unpaired) electrons. The number of hydrogen-bond acceptors (Lipinski definition) is 5. The quantitative estimate of drug-likeness (QED) is 0.562. The van der Waals surface area contributed by atoms with Gasteiger partial charge in [-0.15, -0.1) is 0 Å². The van der Waals surface area contributed by atoms with E-state index in [1.165, 1.54) is 25.5 Å². The Balaban J connectivity index is 1.23. The van der Waals surface area contributed by atoms with Crippen molar-refractivity contribution < 1.29 is 18.7 Å². The molecule has 0 aromatic carbocycles. The van der Waals surface area contributed by atoms with Crippen molar-refractivity contribution in [2.75, 3.05) is 32.7 Å². The van der Waals surface area contributed by atoms with E-state index in [-0.39, 0.29) is 29.3 Å². The highest BCUT2D eigenvalue weighted by atomic mass is 16.6. The second-order valence-corrected chi connectivity index (χ2v) is 9.90. The number of carbonyl (C=O) groups is 2. The number of allylic oxidation sites excluding steroid dienone is 2. The lowest BCUT2D eigenvalue weighted by Crippen LogP contribution is -2.51. The summed E-state index contributed by atoms with van der Waals surface area (Å²) >= 11 is 0. The second kappa shape index (κ2) is 7.56. The minimum Gasteiger partial charge on any atom is -0.462 e. The Bertz CT molecular complexity index is 853. The van der Waals surface area contributed by atoms with Crippen LogP contribution in [-0.4, -0.2) is 60.5 Å². The maximum absolute atomic E-state index is 12.8. The van der Waals surface area contributed by atoms with E-state index in [9.17, 15) is 9.59 Å². The molecule has 0 spiro atoms. The van der Waals surface area contributed by atoms with Gasteiger partial charge in [-0.05, 0) is 56.6 Å². The zero-order valence-corrected chi connectivity index (χ0v) is 18.1. The molecule has 1 saturated carbocycles. The molecule has 5 rings (SSSR count). The van der Waals surface area contributed by atoms with E-state index in [0.717, 1.165) is 32.5 Å². The molecule has 1 amide bonds. The molecule has 2 saturated heterocycles. The molecule has 3 heterocycles. The molecular formula is C24H32N2O4. The molecule has 1 aromatic heterocycles. The number of carbonyl (C=O) groups excluding carboxylic acids is 2. The number of esters is 1. The fourth-order valence-corrected chi connectivity index (χ4v) is 6.29. The summed E-state index contributed by atoms with van der Waals surface area (Å²) in [6.45, 7) is 8.30. The van der Waals surface area contributed by atoms with Crippen LogP contribution >= 0.6 is 0 Å². The lowest BCUT2D eigenvalue weighted by Gasteiger charge is -2.46. The summed E-state index contributed by atoms with van der Waals surface area (Å²) in [6, 6.07) is 3.45. The smallest absolute Gasteiger partial charge is 0.310 e. The average molecular weight is 413 g/mol. The number of furan rings is 1. The van der Waals surface area contributed by atoms with Gasteiger partial charge >= 0.3 is 5.97 Å². The van der Waals surface area contributed by atoms with E-state index >= 15 is 0 Å². The van der Waals surface area contributed by atoms with Crippen LogP contribution in [0.2, 0.25) is 0 Å². The molecule has 2 aliphatic heterocycles. The number of fused-ring (bicyclic) bond motifs is 2. The summed E-state index contributed by atoms with van der Waals surface area (Å²) < 4.78 is 11.2. The van der Waals surface area contributed by atoms with Gasteiger partial charge in [-0.2, -0.15) is 0 Å². The van der Waals surface area contributed by atoms with Gasteiger partial charge in [0.15, 0.2) is 5.76 Å². The first-order chi connectivity index (χ1) is 14.4. The molecule has 3 fully saturated rings. The molecular weight excluding hydrogens is 380 g/mol. The summed E-state index contributed by atoms with van der Waals surface area (Å²) in [7, 11) is 0. The van der Waals surface area contributed by atoms with Gasteiger partial charge in [0.05, 0.1) is 12.2 Å². The van der Waals surface area contributed by atoms with Gasteiger partial charge in [0.2, 0.25) is 0 Å². The van der Waals surface area contributed by atoms with Crippen molar-refractivity contribution in [3.05, 3.63) is 35.3 Å². The monoisotopic (exact) mass is 412 g/mol. The van der Waals surface area contributed by atoms with Crippen LogP contribution in [0.4, 0.5) is 0 Å². The number of rotatable bonds is 3. The van der Waals surface area contributed by atoms with Crippen LogP contribution < -0.4 is 0 Å². The highest BCUT2D eigenvalue weighted by Crippen LogP contribution is 2.55. The van der Waals surface area contributed by atoms with Gasteiger partial charge in [0.25, 0.3) is 5.91 Å². The molecule has 0 bridgehead atoms. The summed E-state index contributed by atoms with van der Waals surface area (Å²) in [5, 5.41) is 0. The molecule has 30 heavy (non-hydrogen) atoms. The van der Waals surface area contributed by atoms with Crippen LogP contribution in [0.25, 0.3) is 0 Å². The van der Waals surface area contributed by atoms with Crippen molar-refractivity contribution in [3.8, 4) is 0 Å². The topological polar surface area (TPSA) is 63.0 Å². The first kappa shape index (κ1) is 19.9. The molecule has 2 aliphatic carbocycles. The van der Waals surface area contributed by atoms with Crippen molar-refractivity contribution in [2.45, 2.75) is 52.1 Å². The van der Waals surface area contributed by atoms with Gasteiger partial charge in [0.1, 0.15) is 6.10 Å². The molecule has 0 unspecified atom stereocenters. The summed E-state index contributed by atoms with van der Waals surface area (Å²) in [4.78, 5) is 29.4. The number of piperazine rings is 1. The predicted molar refractivity (Wildman–Crippen MR) is 112 cm³/mol. The zero-order valence-electron chi connectivity index (χ0n) is 18.1. The predicted octanol–water partition coefficient (Wildman–Crippen LogP) is 3.50. The maximum atomic E-state index is 12.8. The fraction of sp³-hybridized carbons (Fsp3) is 0.667. The Kier molecular flexibility index (Phi) is 5.00. The third kappa shape index (κ3) is 3.39. The first-order valence-electron chi connectivity index (χ1n) is 11.4. The number of hydrogen-bond donors (Lipinski definition) is 0. The van der Waals surface area contributed by atoms with E-state index in [4.69, 9.17) is 9.15 Å². The SMILES string of the molecule is CC1=C2C[C@H]3[C@@H](C[C@]2(C)CCC1)OC(=O)[C@@H]3CN1CCN(C(=O)c2ccco2)CC1. The molecule has 6 nitrogen and oxygen atoms in total. The van der Waals surface area contributed by atoms with Gasteiger partial charge in [0, 0.05) is 38.6 Å². The maximum Gasteiger partial charge on any atom is 0.310 e. The standard InChI is InChI=1S/C24H32N2O4/c1-16-5-3-7-24(2)14-21-17(13-19(16)24)18(23(28)30-21)15-25-8-10-26(11-9-25)22(27)20-6-4-12-29-20/h4,6,12,17-18,21H,3,5,7-11,13-15H2,1-2H3/t17-,18-,21-,24+/m1/s1. The highest BCUT2D eigenvalue weighted by Gasteiger charge is 2.53. The summed E-state index contributed by atoms with van der Waals surface area (Å²) in [6.07, 6.45) is 7.28. The van der Waals surface area contributed by atoms with Crippen LogP contribution in [-0.2, 0) is 9.53 Å². The summed E-state index contributed by atoms with van der Waals surface area (Å²) in [5.41, 5.74) is 3.37. The van der Waals surface area contributed by atoms with Gasteiger partial charge in [-0.1, -0.05) is 18.1 Å². The van der Waals surface area contributed by atoms with Crippen molar-refractivity contribution in [3.63, 3.8) is 0 Å². The molecule has 1 aromatic rings. The third-order valence-electron chi connectivity index (χ3n) is 8.03. The third-order valence-corrected chi connectivity index (χ3v) is 8.03. The van der Waals surface area contributed by atoms with Crippen molar-refractivity contribution in [1.82, 2.24) is 9.80 Å². The number of amides is 1. The van der Waals surface area contributed by atoms with Gasteiger partial charge in [-0.25, -0.2) is 0 Å². The minimum absolute atomic E-state index is 0.0143. The van der Waals surface area contributed by atoms with Crippen LogP contribution in [0.15, 0.2) is 34.0 Å². The molecule has 0 N–H and O–H groups in total. The Morgan fingerprint density at radius 2 is 2.07 bits per heavy atom. The first-order valence-corrected chi connectivity index (χ1v) is 11.4. The summed E-state index contributed by atoms with van der Waals surface area (Å²) in [5.74, 6) is 0.586. The van der Waals surface area contributed by atoms with Crippen molar-refractivity contribution in [1.29, 1.82) is 0 Å². The molecule has 4 aliphatic rings. The van der Waals surface area contributed by atoms with Gasteiger partial charge < -0.3 is 14.1 Å². The molecule has 6 heteroatoms. The zero-order chi connectivity index (χ0) is 20.9. The van der Waals surface area contributed by atoms with E-state index in [1.807, 2.05) is 4.90 Å². The number of ether oxygens (including phenoxy) is 1. The highest BCUT2D eigenvalue weighted by molar-refractivity contribution is 5.91. The second-order valence-electron chi connectivity index (χ2n) is 9.90. The lowest BCUT2D eigenvalue weighted by molar-refractivity contribution is -0.145. The van der Waals surface area contributed by atoms with Crippen LogP contribution in [0.5, 0.6) is 0 Å². The van der Waals surface area contributed by atoms with Crippen LogP contribution in [0.3, 0.4) is 0 Å². The van der Waals surface area contributed by atoms with Gasteiger partial charge in [-0.3, -0.25) is 14.5 Å². The van der Waals surface area contributed by atoms with Crippen molar-refractivity contribution >= 4 is 11.9 Å². The van der Waals surface area contributed by atoms with E-state index in [1.54, 1.807) is 23.3 Å². The Hall–Kier alpha value is -2.08. The molecule has 162 valence electrons. The van der Waals surface area contributed by atoms with E-state index in [0.29, 0.717) is 24.8 Å². The Labute approximate surface area is 178 Å². The van der Waals surface area contributed by atoms with Crippen LogP contribution in [0.1, 0.15) is 56.5 Å². The van der Waals surface area contributed by atoms with Crippen molar-refractivity contribution in [2.24, 2.45) is 17.3 Å². The Morgan fingerprint density at radius 3 is 2.80 bits per heavy atom. The van der Waals surface area contributed by atoms with E-state index in [2.05, 4.69) is 18.7 Å². The number of nitrogens with zero attached hydrogens (tertiary/aromatic N) is 2. The molecule has 4 atom stereocenters. The lowest BCUT2D eigenvalue weighted by atomic mass is 9.59. The average Bonchev–Trinajstić information content (AvgIpc) is 3.35. The fourth-order valence-electron chi connectivity index (χ4n) is 6.29. The normalized spacial score (nSPS) is 34.5. The van der Waals surface area contributed by atoms with E-state index < -0.39 is 0 Å².